The molecule has 3 N–H and O–H groups in total. The number of benzene rings is 2. The number of halogens is 2. The number of nitrogens with one attached hydrogen (secondary N) is 1. The van der Waals surface area contributed by atoms with Crippen LogP contribution in [0.1, 0.15) is 0 Å². The molecule has 1 heterocycles. The third-order valence-electron chi connectivity index (χ3n) is 3.29. The van der Waals surface area contributed by atoms with Crippen molar-refractivity contribution in [3.05, 3.63) is 69.7 Å². The Morgan fingerprint density at radius 2 is 1.92 bits per heavy atom. The van der Waals surface area contributed by atoms with Crippen molar-refractivity contribution in [3.8, 4) is 11.3 Å². The van der Waals surface area contributed by atoms with Gasteiger partial charge in [0.1, 0.15) is 5.82 Å². The summed E-state index contributed by atoms with van der Waals surface area (Å²) in [5, 5.41) is 11.1. The lowest BCUT2D eigenvalue weighted by Crippen LogP contribution is -2.29. The normalized spacial score (nSPS) is 11.1. The first-order valence-electron chi connectivity index (χ1n) is 7.04. The lowest BCUT2D eigenvalue weighted by Gasteiger charge is -1.99. The monoisotopic (exact) mass is 375 g/mol. The van der Waals surface area contributed by atoms with Gasteiger partial charge in [-0.25, -0.2) is 4.39 Å². The molecule has 0 unspecified atom stereocenters. The first-order valence-corrected chi connectivity index (χ1v) is 7.82. The molecule has 2 aromatic carbocycles. The van der Waals surface area contributed by atoms with Gasteiger partial charge in [0.2, 0.25) is 0 Å². The Morgan fingerprint density at radius 3 is 2.56 bits per heavy atom. The molecule has 3 rings (SSSR count). The maximum atomic E-state index is 13.2. The number of H-pyrrole nitrogens is 1. The SMILES string of the molecule is NC(=S)n1[nH]c(-c2ccc(F)cc2)c(N=Nc2cccc(Cl)c2)c1=O. The highest BCUT2D eigenvalue weighted by Gasteiger charge is 2.17. The number of nitrogens with two attached hydrogens (primary N) is 1. The number of aromatic nitrogens is 2. The molecule has 0 fully saturated rings. The molecule has 0 aliphatic heterocycles. The molecule has 0 atom stereocenters. The second-order valence-electron chi connectivity index (χ2n) is 5.00. The van der Waals surface area contributed by atoms with Crippen molar-refractivity contribution in [2.24, 2.45) is 16.0 Å². The van der Waals surface area contributed by atoms with Crippen LogP contribution in [0.25, 0.3) is 11.3 Å². The zero-order chi connectivity index (χ0) is 18.0. The lowest BCUT2D eigenvalue weighted by atomic mass is 10.1. The van der Waals surface area contributed by atoms with Gasteiger partial charge in [0, 0.05) is 10.6 Å². The van der Waals surface area contributed by atoms with Crippen LogP contribution in [0.5, 0.6) is 0 Å². The van der Waals surface area contributed by atoms with E-state index in [0.717, 1.165) is 4.68 Å². The molecule has 0 aliphatic rings. The standard InChI is InChI=1S/C16H11ClFN5OS/c17-10-2-1-3-12(8-10)20-21-14-13(9-4-6-11(18)7-5-9)22-23(15(14)24)16(19)25/h1-8,22H,(H2,19,25). The third kappa shape index (κ3) is 3.65. The maximum absolute atomic E-state index is 13.2. The first-order chi connectivity index (χ1) is 12.0. The summed E-state index contributed by atoms with van der Waals surface area (Å²) < 4.78 is 14.1. The Morgan fingerprint density at radius 1 is 1.20 bits per heavy atom. The van der Waals surface area contributed by atoms with Gasteiger partial charge in [-0.3, -0.25) is 9.89 Å². The Hall–Kier alpha value is -2.84. The van der Waals surface area contributed by atoms with Gasteiger partial charge < -0.3 is 5.73 Å². The summed E-state index contributed by atoms with van der Waals surface area (Å²) in [6.07, 6.45) is 0. The Balaban J connectivity index is 2.12. The second kappa shape index (κ2) is 6.96. The molecule has 0 bridgehead atoms. The highest BCUT2D eigenvalue weighted by Crippen LogP contribution is 2.28. The van der Waals surface area contributed by atoms with Crippen LogP contribution in [-0.4, -0.2) is 14.9 Å². The fraction of sp³-hybridized carbons (Fsp3) is 0. The van der Waals surface area contributed by atoms with Crippen molar-refractivity contribution in [1.29, 1.82) is 0 Å². The van der Waals surface area contributed by atoms with Crippen molar-refractivity contribution in [3.63, 3.8) is 0 Å². The summed E-state index contributed by atoms with van der Waals surface area (Å²) in [5.41, 5.74) is 6.31. The summed E-state index contributed by atoms with van der Waals surface area (Å²) >= 11 is 10.8. The molecule has 0 spiro atoms. The van der Waals surface area contributed by atoms with Gasteiger partial charge in [-0.05, 0) is 54.7 Å². The fourth-order valence-corrected chi connectivity index (χ4v) is 2.45. The predicted molar refractivity (Wildman–Crippen MR) is 98.3 cm³/mol. The highest BCUT2D eigenvalue weighted by molar-refractivity contribution is 7.80. The van der Waals surface area contributed by atoms with E-state index in [1.807, 2.05) is 0 Å². The van der Waals surface area contributed by atoms with E-state index in [1.165, 1.54) is 24.3 Å². The average Bonchev–Trinajstić information content (AvgIpc) is 2.91. The molecule has 0 saturated carbocycles. The molecule has 3 aromatic rings. The van der Waals surface area contributed by atoms with Gasteiger partial charge in [-0.2, -0.15) is 9.80 Å². The summed E-state index contributed by atoms with van der Waals surface area (Å²) in [7, 11) is 0. The van der Waals surface area contributed by atoms with Crippen LogP contribution in [-0.2, 0) is 0 Å². The van der Waals surface area contributed by atoms with E-state index in [0.29, 0.717) is 22.0 Å². The van der Waals surface area contributed by atoms with E-state index in [9.17, 15) is 9.18 Å². The van der Waals surface area contributed by atoms with Crippen LogP contribution in [0, 0.1) is 5.82 Å². The van der Waals surface area contributed by atoms with Crippen molar-refractivity contribution in [1.82, 2.24) is 9.78 Å². The van der Waals surface area contributed by atoms with Gasteiger partial charge in [0.05, 0.1) is 11.4 Å². The highest BCUT2D eigenvalue weighted by atomic mass is 35.5. The molecular weight excluding hydrogens is 365 g/mol. The minimum absolute atomic E-state index is 0.000571. The minimum atomic E-state index is -0.558. The van der Waals surface area contributed by atoms with Gasteiger partial charge in [0.25, 0.3) is 0 Å². The Kier molecular flexibility index (Phi) is 4.73. The summed E-state index contributed by atoms with van der Waals surface area (Å²) in [6, 6.07) is 12.2. The molecule has 1 aromatic heterocycles. The lowest BCUT2D eigenvalue weighted by molar-refractivity contribution is 0.628. The van der Waals surface area contributed by atoms with Crippen LogP contribution in [0.4, 0.5) is 15.8 Å². The fourth-order valence-electron chi connectivity index (χ4n) is 2.14. The number of hydrogen-bond acceptors (Lipinski definition) is 4. The van der Waals surface area contributed by atoms with E-state index in [1.54, 1.807) is 24.3 Å². The number of rotatable bonds is 3. The Bertz CT molecular complexity index is 1030. The quantitative estimate of drug-likeness (QED) is 0.532. The smallest absolute Gasteiger partial charge is 0.301 e. The van der Waals surface area contributed by atoms with Gasteiger partial charge in [0.15, 0.2) is 10.8 Å². The molecule has 25 heavy (non-hydrogen) atoms. The number of nitrogens with zero attached hydrogens (tertiary/aromatic N) is 3. The van der Waals surface area contributed by atoms with Crippen molar-refractivity contribution in [2.75, 3.05) is 0 Å². The van der Waals surface area contributed by atoms with E-state index in [4.69, 9.17) is 29.6 Å². The molecule has 0 saturated heterocycles. The summed E-state index contributed by atoms with van der Waals surface area (Å²) in [6.45, 7) is 0. The summed E-state index contributed by atoms with van der Waals surface area (Å²) in [4.78, 5) is 12.5. The predicted octanol–water partition coefficient (Wildman–Crippen LogP) is 4.14. The van der Waals surface area contributed by atoms with Crippen LogP contribution in [0.15, 0.2) is 63.6 Å². The van der Waals surface area contributed by atoms with Crippen LogP contribution < -0.4 is 11.3 Å². The van der Waals surface area contributed by atoms with Crippen molar-refractivity contribution in [2.45, 2.75) is 0 Å². The molecule has 0 aliphatic carbocycles. The minimum Gasteiger partial charge on any atom is -0.374 e. The zero-order valence-corrected chi connectivity index (χ0v) is 14.2. The van der Waals surface area contributed by atoms with Gasteiger partial charge in [-0.1, -0.05) is 17.7 Å². The summed E-state index contributed by atoms with van der Waals surface area (Å²) in [5.74, 6) is -0.401. The molecule has 126 valence electrons. The van der Waals surface area contributed by atoms with Crippen LogP contribution >= 0.6 is 23.8 Å². The van der Waals surface area contributed by atoms with Crippen LogP contribution in [0.3, 0.4) is 0 Å². The van der Waals surface area contributed by atoms with E-state index < -0.39 is 11.4 Å². The van der Waals surface area contributed by atoms with Crippen molar-refractivity contribution < 1.29 is 4.39 Å². The third-order valence-corrected chi connectivity index (χ3v) is 3.71. The van der Waals surface area contributed by atoms with E-state index in [-0.39, 0.29) is 10.8 Å². The largest absolute Gasteiger partial charge is 0.374 e. The second-order valence-corrected chi connectivity index (χ2v) is 5.86. The van der Waals surface area contributed by atoms with Gasteiger partial charge >= 0.3 is 5.56 Å². The number of azo groups is 1. The number of hydrogen-bond donors (Lipinski definition) is 2. The molecular formula is C16H11ClFN5OS. The van der Waals surface area contributed by atoms with E-state index in [2.05, 4.69) is 15.3 Å². The molecule has 6 nitrogen and oxygen atoms in total. The topological polar surface area (TPSA) is 88.5 Å². The zero-order valence-electron chi connectivity index (χ0n) is 12.6. The Labute approximate surface area is 151 Å². The maximum Gasteiger partial charge on any atom is 0.301 e. The molecule has 9 heteroatoms. The first kappa shape index (κ1) is 17.0. The number of thiocarbonyl (C=S) groups is 1. The average molecular weight is 376 g/mol. The van der Waals surface area contributed by atoms with Crippen molar-refractivity contribution >= 4 is 40.3 Å². The van der Waals surface area contributed by atoms with Gasteiger partial charge in [-0.15, -0.1) is 5.11 Å². The van der Waals surface area contributed by atoms with E-state index >= 15 is 0 Å². The molecule has 0 radical (unpaired) electrons. The van der Waals surface area contributed by atoms with Crippen LogP contribution in [0.2, 0.25) is 5.02 Å². The molecule has 0 amide bonds. The number of aromatic amines is 1.